The highest BCUT2D eigenvalue weighted by molar-refractivity contribution is 6.30. The summed E-state index contributed by atoms with van der Waals surface area (Å²) < 4.78 is 1.65. The number of nitrogens with zero attached hydrogens (tertiary/aromatic N) is 2. The molecule has 0 spiro atoms. The molecule has 0 bridgehead atoms. The Bertz CT molecular complexity index is 833. The van der Waals surface area contributed by atoms with E-state index in [0.717, 1.165) is 22.5 Å². The van der Waals surface area contributed by atoms with Crippen LogP contribution in [0, 0.1) is 13.8 Å². The first kappa shape index (κ1) is 15.3. The first-order chi connectivity index (χ1) is 11.0. The second kappa shape index (κ2) is 6.26. The van der Waals surface area contributed by atoms with E-state index in [4.69, 9.17) is 11.6 Å². The Balaban J connectivity index is 1.79. The van der Waals surface area contributed by atoms with Gasteiger partial charge in [0.15, 0.2) is 0 Å². The molecule has 3 aromatic rings. The van der Waals surface area contributed by atoms with Crippen molar-refractivity contribution < 1.29 is 4.79 Å². The van der Waals surface area contributed by atoms with Crippen molar-refractivity contribution in [3.8, 4) is 5.69 Å². The second-order valence-electron chi connectivity index (χ2n) is 5.48. The number of nitrogens with one attached hydrogen (secondary N) is 1. The van der Waals surface area contributed by atoms with Crippen molar-refractivity contribution in [1.82, 2.24) is 9.78 Å². The van der Waals surface area contributed by atoms with E-state index >= 15 is 0 Å². The van der Waals surface area contributed by atoms with Crippen LogP contribution in [-0.2, 0) is 0 Å². The Hall–Kier alpha value is -2.59. The van der Waals surface area contributed by atoms with Crippen molar-refractivity contribution >= 4 is 23.2 Å². The average Bonchev–Trinajstić information content (AvgIpc) is 2.97. The van der Waals surface area contributed by atoms with Crippen molar-refractivity contribution in [2.75, 3.05) is 5.32 Å². The van der Waals surface area contributed by atoms with E-state index in [0.29, 0.717) is 10.6 Å². The van der Waals surface area contributed by atoms with Gasteiger partial charge in [0.1, 0.15) is 0 Å². The maximum absolute atomic E-state index is 12.3. The molecule has 0 atom stereocenters. The zero-order valence-corrected chi connectivity index (χ0v) is 13.6. The lowest BCUT2D eigenvalue weighted by Crippen LogP contribution is -2.11. The number of hydrogen-bond donors (Lipinski definition) is 1. The number of benzene rings is 2. The smallest absolute Gasteiger partial charge is 0.258 e. The summed E-state index contributed by atoms with van der Waals surface area (Å²) in [6, 6.07) is 13.2. The van der Waals surface area contributed by atoms with E-state index in [1.54, 1.807) is 29.2 Å². The van der Waals surface area contributed by atoms with Gasteiger partial charge in [-0.1, -0.05) is 17.7 Å². The summed E-state index contributed by atoms with van der Waals surface area (Å²) in [7, 11) is 0. The Morgan fingerprint density at radius 3 is 2.39 bits per heavy atom. The number of amides is 1. The lowest BCUT2D eigenvalue weighted by Gasteiger charge is -2.06. The van der Waals surface area contributed by atoms with Crippen molar-refractivity contribution in [1.29, 1.82) is 0 Å². The van der Waals surface area contributed by atoms with Gasteiger partial charge in [-0.2, -0.15) is 5.10 Å². The molecule has 116 valence electrons. The van der Waals surface area contributed by atoms with Crippen LogP contribution in [0.25, 0.3) is 5.69 Å². The molecule has 1 amide bonds. The van der Waals surface area contributed by atoms with Gasteiger partial charge in [0.2, 0.25) is 0 Å². The van der Waals surface area contributed by atoms with Crippen LogP contribution in [0.5, 0.6) is 0 Å². The average molecular weight is 326 g/mol. The zero-order chi connectivity index (χ0) is 16.4. The minimum Gasteiger partial charge on any atom is -0.322 e. The van der Waals surface area contributed by atoms with Gasteiger partial charge in [0, 0.05) is 16.9 Å². The summed E-state index contributed by atoms with van der Waals surface area (Å²) in [4.78, 5) is 12.3. The quantitative estimate of drug-likeness (QED) is 0.776. The predicted molar refractivity (Wildman–Crippen MR) is 92.4 cm³/mol. The predicted octanol–water partition coefficient (Wildman–Crippen LogP) is 4.39. The van der Waals surface area contributed by atoms with Crippen LogP contribution in [0.2, 0.25) is 5.02 Å². The molecular formula is C18H16ClN3O. The van der Waals surface area contributed by atoms with E-state index in [1.165, 1.54) is 0 Å². The first-order valence-electron chi connectivity index (χ1n) is 7.21. The minimum absolute atomic E-state index is 0.185. The molecule has 1 N–H and O–H groups in total. The van der Waals surface area contributed by atoms with Gasteiger partial charge in [0.25, 0.3) is 5.91 Å². The molecule has 0 aliphatic carbocycles. The molecule has 0 saturated heterocycles. The number of anilines is 1. The van der Waals surface area contributed by atoms with Crippen LogP contribution < -0.4 is 5.32 Å². The maximum Gasteiger partial charge on any atom is 0.258 e. The normalized spacial score (nSPS) is 10.6. The maximum atomic E-state index is 12.3. The van der Waals surface area contributed by atoms with E-state index in [2.05, 4.69) is 16.5 Å². The fourth-order valence-corrected chi connectivity index (χ4v) is 2.55. The zero-order valence-electron chi connectivity index (χ0n) is 12.9. The standard InChI is InChI=1S/C18H16ClN3O/c1-12-7-13(2)9-16(8-12)21-18(23)14-10-20-22(11-14)17-5-3-15(19)4-6-17/h3-11H,1-2H3,(H,21,23). The largest absolute Gasteiger partial charge is 0.322 e. The van der Waals surface area contributed by atoms with Crippen LogP contribution in [0.15, 0.2) is 54.9 Å². The molecule has 0 saturated carbocycles. The van der Waals surface area contributed by atoms with Crippen LogP contribution in [-0.4, -0.2) is 15.7 Å². The molecule has 5 heteroatoms. The molecule has 0 aliphatic heterocycles. The van der Waals surface area contributed by atoms with Crippen molar-refractivity contribution in [3.05, 3.63) is 76.6 Å². The van der Waals surface area contributed by atoms with Gasteiger partial charge in [-0.15, -0.1) is 0 Å². The third-order valence-electron chi connectivity index (χ3n) is 3.42. The summed E-state index contributed by atoms with van der Waals surface area (Å²) in [6.45, 7) is 4.00. The molecule has 0 radical (unpaired) electrons. The lowest BCUT2D eigenvalue weighted by atomic mass is 10.1. The van der Waals surface area contributed by atoms with Crippen molar-refractivity contribution in [3.63, 3.8) is 0 Å². The van der Waals surface area contributed by atoms with E-state index in [9.17, 15) is 4.79 Å². The number of carbonyl (C=O) groups excluding carboxylic acids is 1. The van der Waals surface area contributed by atoms with E-state index < -0.39 is 0 Å². The third kappa shape index (κ3) is 3.60. The number of hydrogen-bond acceptors (Lipinski definition) is 2. The fraction of sp³-hybridized carbons (Fsp3) is 0.111. The molecule has 0 fully saturated rings. The molecule has 2 aromatic carbocycles. The monoisotopic (exact) mass is 325 g/mol. The van der Waals surface area contributed by atoms with Gasteiger partial charge in [-0.25, -0.2) is 4.68 Å². The molecular weight excluding hydrogens is 310 g/mol. The molecule has 1 aromatic heterocycles. The molecule has 0 unspecified atom stereocenters. The van der Waals surface area contributed by atoms with Crippen molar-refractivity contribution in [2.24, 2.45) is 0 Å². The Morgan fingerprint density at radius 1 is 1.09 bits per heavy atom. The molecule has 0 aliphatic rings. The van der Waals surface area contributed by atoms with Gasteiger partial charge < -0.3 is 5.32 Å². The van der Waals surface area contributed by atoms with Crippen LogP contribution in [0.1, 0.15) is 21.5 Å². The molecule has 4 nitrogen and oxygen atoms in total. The fourth-order valence-electron chi connectivity index (χ4n) is 2.43. The second-order valence-corrected chi connectivity index (χ2v) is 5.92. The number of aromatic nitrogens is 2. The van der Waals surface area contributed by atoms with E-state index in [1.807, 2.05) is 38.1 Å². The Morgan fingerprint density at radius 2 is 1.74 bits per heavy atom. The highest BCUT2D eigenvalue weighted by Crippen LogP contribution is 2.16. The Labute approximate surface area is 139 Å². The highest BCUT2D eigenvalue weighted by Gasteiger charge is 2.10. The molecule has 3 rings (SSSR count). The van der Waals surface area contributed by atoms with E-state index in [-0.39, 0.29) is 5.91 Å². The number of rotatable bonds is 3. The van der Waals surface area contributed by atoms with Gasteiger partial charge >= 0.3 is 0 Å². The molecule has 23 heavy (non-hydrogen) atoms. The topological polar surface area (TPSA) is 46.9 Å². The SMILES string of the molecule is Cc1cc(C)cc(NC(=O)c2cnn(-c3ccc(Cl)cc3)c2)c1. The van der Waals surface area contributed by atoms with Crippen LogP contribution in [0.3, 0.4) is 0 Å². The number of halogens is 1. The summed E-state index contributed by atoms with van der Waals surface area (Å²) in [6.07, 6.45) is 3.24. The summed E-state index contributed by atoms with van der Waals surface area (Å²) in [5.74, 6) is -0.185. The van der Waals surface area contributed by atoms with Crippen molar-refractivity contribution in [2.45, 2.75) is 13.8 Å². The summed E-state index contributed by atoms with van der Waals surface area (Å²) >= 11 is 5.88. The Kier molecular flexibility index (Phi) is 4.17. The third-order valence-corrected chi connectivity index (χ3v) is 3.67. The van der Waals surface area contributed by atoms with Gasteiger partial charge in [0.05, 0.1) is 17.4 Å². The number of aryl methyl sites for hydroxylation is 2. The lowest BCUT2D eigenvalue weighted by molar-refractivity contribution is 0.102. The van der Waals surface area contributed by atoms with Gasteiger partial charge in [-0.05, 0) is 61.4 Å². The molecule has 1 heterocycles. The summed E-state index contributed by atoms with van der Waals surface area (Å²) in [5, 5.41) is 7.79. The van der Waals surface area contributed by atoms with Crippen LogP contribution >= 0.6 is 11.6 Å². The minimum atomic E-state index is -0.185. The first-order valence-corrected chi connectivity index (χ1v) is 7.59. The highest BCUT2D eigenvalue weighted by atomic mass is 35.5. The number of carbonyl (C=O) groups is 1. The van der Waals surface area contributed by atoms with Gasteiger partial charge in [-0.3, -0.25) is 4.79 Å². The van der Waals surface area contributed by atoms with Crippen LogP contribution in [0.4, 0.5) is 5.69 Å². The summed E-state index contributed by atoms with van der Waals surface area (Å²) in [5.41, 5.74) is 4.35.